The van der Waals surface area contributed by atoms with Gasteiger partial charge in [-0.3, -0.25) is 4.79 Å². The number of aliphatic hydroxyl groups is 2. The number of benzene rings is 1. The predicted molar refractivity (Wildman–Crippen MR) is 61.9 cm³/mol. The molecular formula is C12H14N2O3. The van der Waals surface area contributed by atoms with E-state index in [4.69, 9.17) is 5.26 Å². The minimum Gasteiger partial charge on any atom is -0.389 e. The normalized spacial score (nSPS) is 13.5. The number of carbonyl (C=O) groups excluding carboxylic acids is 1. The lowest BCUT2D eigenvalue weighted by molar-refractivity contribution is -0.114. The highest BCUT2D eigenvalue weighted by Crippen LogP contribution is 2.20. The van der Waals surface area contributed by atoms with Crippen molar-refractivity contribution in [2.75, 3.05) is 5.32 Å². The van der Waals surface area contributed by atoms with Gasteiger partial charge in [0.05, 0.1) is 18.6 Å². The van der Waals surface area contributed by atoms with Gasteiger partial charge in [-0.2, -0.15) is 5.26 Å². The van der Waals surface area contributed by atoms with E-state index in [-0.39, 0.29) is 12.3 Å². The van der Waals surface area contributed by atoms with Crippen molar-refractivity contribution in [2.24, 2.45) is 0 Å². The van der Waals surface area contributed by atoms with Gasteiger partial charge in [-0.05, 0) is 17.7 Å². The first-order chi connectivity index (χ1) is 8.04. The van der Waals surface area contributed by atoms with Gasteiger partial charge in [0, 0.05) is 12.6 Å². The summed E-state index contributed by atoms with van der Waals surface area (Å²) in [6.07, 6.45) is -2.33. The monoisotopic (exact) mass is 234 g/mol. The maximum absolute atomic E-state index is 10.8. The molecule has 0 heterocycles. The summed E-state index contributed by atoms with van der Waals surface area (Å²) in [5.74, 6) is -0.178. The van der Waals surface area contributed by atoms with E-state index in [9.17, 15) is 15.0 Å². The van der Waals surface area contributed by atoms with Gasteiger partial charge < -0.3 is 15.5 Å². The number of carbonyl (C=O) groups is 1. The number of hydrogen-bond donors (Lipinski definition) is 3. The molecule has 0 aromatic heterocycles. The van der Waals surface area contributed by atoms with Crippen molar-refractivity contribution in [3.8, 4) is 6.07 Å². The van der Waals surface area contributed by atoms with Crippen LogP contribution in [0.3, 0.4) is 0 Å². The smallest absolute Gasteiger partial charge is 0.221 e. The second kappa shape index (κ2) is 5.99. The third-order valence-electron chi connectivity index (χ3n) is 2.24. The lowest BCUT2D eigenvalue weighted by Gasteiger charge is -2.15. The molecule has 0 spiro atoms. The standard InChI is InChI=1S/C12H14N2O3/c1-8(15)14-10-4-2-9(3-5-10)12(17)11(16)6-7-13/h2-5,11-12,16-17H,6H2,1H3,(H,14,15). The Morgan fingerprint density at radius 2 is 2.00 bits per heavy atom. The molecule has 0 radical (unpaired) electrons. The van der Waals surface area contributed by atoms with E-state index in [1.54, 1.807) is 30.3 Å². The highest BCUT2D eigenvalue weighted by atomic mass is 16.3. The Morgan fingerprint density at radius 1 is 1.41 bits per heavy atom. The van der Waals surface area contributed by atoms with Gasteiger partial charge in [0.25, 0.3) is 0 Å². The number of amides is 1. The SMILES string of the molecule is CC(=O)Nc1ccc(C(O)C(O)CC#N)cc1. The van der Waals surface area contributed by atoms with Crippen LogP contribution in [0.15, 0.2) is 24.3 Å². The van der Waals surface area contributed by atoms with Crippen molar-refractivity contribution < 1.29 is 15.0 Å². The van der Waals surface area contributed by atoms with E-state index in [2.05, 4.69) is 5.32 Å². The Morgan fingerprint density at radius 3 is 2.47 bits per heavy atom. The van der Waals surface area contributed by atoms with Crippen LogP contribution >= 0.6 is 0 Å². The molecule has 2 unspecified atom stereocenters. The Kier molecular flexibility index (Phi) is 4.64. The fourth-order valence-electron chi connectivity index (χ4n) is 1.39. The van der Waals surface area contributed by atoms with Crippen LogP contribution in [0.4, 0.5) is 5.69 Å². The average molecular weight is 234 g/mol. The number of aliphatic hydroxyl groups excluding tert-OH is 2. The molecule has 0 aliphatic rings. The molecule has 5 heteroatoms. The first-order valence-electron chi connectivity index (χ1n) is 5.15. The molecule has 1 amide bonds. The maximum Gasteiger partial charge on any atom is 0.221 e. The summed E-state index contributed by atoms with van der Waals surface area (Å²) in [5.41, 5.74) is 1.12. The van der Waals surface area contributed by atoms with E-state index in [1.165, 1.54) is 6.92 Å². The zero-order valence-electron chi connectivity index (χ0n) is 9.42. The zero-order chi connectivity index (χ0) is 12.8. The fourth-order valence-corrected chi connectivity index (χ4v) is 1.39. The minimum absolute atomic E-state index is 0.130. The highest BCUT2D eigenvalue weighted by molar-refractivity contribution is 5.88. The van der Waals surface area contributed by atoms with Gasteiger partial charge in [-0.1, -0.05) is 12.1 Å². The number of nitrogens with one attached hydrogen (secondary N) is 1. The van der Waals surface area contributed by atoms with Gasteiger partial charge in [0.2, 0.25) is 5.91 Å². The largest absolute Gasteiger partial charge is 0.389 e. The molecule has 0 bridgehead atoms. The van der Waals surface area contributed by atoms with E-state index in [1.807, 2.05) is 0 Å². The van der Waals surface area contributed by atoms with Crippen LogP contribution in [0.1, 0.15) is 25.0 Å². The first kappa shape index (κ1) is 13.2. The van der Waals surface area contributed by atoms with Crippen LogP contribution in [0.25, 0.3) is 0 Å². The molecule has 1 aromatic carbocycles. The van der Waals surface area contributed by atoms with Gasteiger partial charge in [0.15, 0.2) is 0 Å². The van der Waals surface area contributed by atoms with Crippen molar-refractivity contribution >= 4 is 11.6 Å². The molecule has 90 valence electrons. The Bertz CT molecular complexity index is 422. The summed E-state index contributed by atoms with van der Waals surface area (Å²) in [5, 5.41) is 30.1. The Labute approximate surface area is 99.3 Å². The molecule has 2 atom stereocenters. The van der Waals surface area contributed by atoms with Crippen LogP contribution in [0, 0.1) is 11.3 Å². The summed E-state index contributed by atoms with van der Waals surface area (Å²) in [6.45, 7) is 1.40. The minimum atomic E-state index is -1.10. The van der Waals surface area contributed by atoms with Gasteiger partial charge >= 0.3 is 0 Å². The molecule has 1 aromatic rings. The molecule has 0 aliphatic carbocycles. The summed E-state index contributed by atoms with van der Waals surface area (Å²) < 4.78 is 0. The molecule has 1 rings (SSSR count). The van der Waals surface area contributed by atoms with Crippen molar-refractivity contribution in [3.63, 3.8) is 0 Å². The Balaban J connectivity index is 2.73. The van der Waals surface area contributed by atoms with Crippen molar-refractivity contribution in [1.82, 2.24) is 0 Å². The second-order valence-corrected chi connectivity index (χ2v) is 3.68. The number of nitrogens with zero attached hydrogens (tertiary/aromatic N) is 1. The first-order valence-corrected chi connectivity index (χ1v) is 5.15. The third-order valence-corrected chi connectivity index (χ3v) is 2.24. The van der Waals surface area contributed by atoms with Crippen molar-refractivity contribution in [3.05, 3.63) is 29.8 Å². The van der Waals surface area contributed by atoms with Crippen molar-refractivity contribution in [2.45, 2.75) is 25.6 Å². The van der Waals surface area contributed by atoms with Crippen LogP contribution in [-0.2, 0) is 4.79 Å². The van der Waals surface area contributed by atoms with Gasteiger partial charge in [-0.15, -0.1) is 0 Å². The average Bonchev–Trinajstić information content (AvgIpc) is 2.28. The Hall–Kier alpha value is -1.90. The fraction of sp³-hybridized carbons (Fsp3) is 0.333. The van der Waals surface area contributed by atoms with Crippen LogP contribution in [-0.4, -0.2) is 22.2 Å². The van der Waals surface area contributed by atoms with Gasteiger partial charge in [-0.25, -0.2) is 0 Å². The molecule has 0 aliphatic heterocycles. The van der Waals surface area contributed by atoms with E-state index < -0.39 is 12.2 Å². The molecule has 17 heavy (non-hydrogen) atoms. The van der Waals surface area contributed by atoms with Crippen LogP contribution < -0.4 is 5.32 Å². The number of hydrogen-bond acceptors (Lipinski definition) is 4. The van der Waals surface area contributed by atoms with E-state index in [0.29, 0.717) is 11.3 Å². The third kappa shape index (κ3) is 3.87. The second-order valence-electron chi connectivity index (χ2n) is 3.68. The quantitative estimate of drug-likeness (QED) is 0.723. The van der Waals surface area contributed by atoms with Crippen LogP contribution in [0.2, 0.25) is 0 Å². The molecule has 3 N–H and O–H groups in total. The lowest BCUT2D eigenvalue weighted by Crippen LogP contribution is -2.17. The lowest BCUT2D eigenvalue weighted by atomic mass is 10.0. The molecule has 0 fully saturated rings. The summed E-state index contributed by atoms with van der Waals surface area (Å²) >= 11 is 0. The van der Waals surface area contributed by atoms with E-state index >= 15 is 0 Å². The molecular weight excluding hydrogens is 220 g/mol. The van der Waals surface area contributed by atoms with Crippen molar-refractivity contribution in [1.29, 1.82) is 5.26 Å². The summed E-state index contributed by atoms with van der Waals surface area (Å²) in [4.78, 5) is 10.8. The van der Waals surface area contributed by atoms with Gasteiger partial charge in [0.1, 0.15) is 6.10 Å². The summed E-state index contributed by atoms with van der Waals surface area (Å²) in [7, 11) is 0. The zero-order valence-corrected chi connectivity index (χ0v) is 9.42. The number of anilines is 1. The van der Waals surface area contributed by atoms with E-state index in [0.717, 1.165) is 0 Å². The highest BCUT2D eigenvalue weighted by Gasteiger charge is 2.17. The van der Waals surface area contributed by atoms with Crippen LogP contribution in [0.5, 0.6) is 0 Å². The molecule has 0 saturated heterocycles. The number of nitriles is 1. The maximum atomic E-state index is 10.8. The summed E-state index contributed by atoms with van der Waals surface area (Å²) in [6, 6.07) is 8.22. The molecule has 5 nitrogen and oxygen atoms in total. The number of rotatable bonds is 4. The topological polar surface area (TPSA) is 93.3 Å². The molecule has 0 saturated carbocycles. The predicted octanol–water partition coefficient (Wildman–Crippen LogP) is 0.953.